The quantitative estimate of drug-likeness (QED) is 0.331. The minimum Gasteiger partial charge on any atom is -0.497 e. The molecule has 0 amide bonds. The summed E-state index contributed by atoms with van der Waals surface area (Å²) in [5.74, 6) is 1.16. The van der Waals surface area contributed by atoms with E-state index in [1.54, 1.807) is 7.11 Å². The number of halogens is 1. The number of pyridine rings is 1. The van der Waals surface area contributed by atoms with Crippen molar-refractivity contribution in [3.63, 3.8) is 0 Å². The van der Waals surface area contributed by atoms with Crippen LogP contribution in [0.25, 0.3) is 16.9 Å². The Hall–Kier alpha value is -4.59. The van der Waals surface area contributed by atoms with Crippen molar-refractivity contribution in [2.75, 3.05) is 48.4 Å². The number of nitrogens with one attached hydrogen (secondary N) is 1. The molecule has 1 fully saturated rings. The zero-order valence-corrected chi connectivity index (χ0v) is 20.5. The van der Waals surface area contributed by atoms with E-state index in [1.807, 2.05) is 59.1 Å². The molecule has 0 radical (unpaired) electrons. The third kappa shape index (κ3) is 4.78. The van der Waals surface area contributed by atoms with E-state index in [4.69, 9.17) is 9.84 Å². The molecule has 1 saturated heterocycles. The molecule has 7 nitrogen and oxygen atoms in total. The summed E-state index contributed by atoms with van der Waals surface area (Å²) in [5, 5.41) is 8.04. The second kappa shape index (κ2) is 9.81. The van der Waals surface area contributed by atoms with Gasteiger partial charge < -0.3 is 19.9 Å². The van der Waals surface area contributed by atoms with Gasteiger partial charge in [0.05, 0.1) is 12.8 Å². The van der Waals surface area contributed by atoms with E-state index in [2.05, 4.69) is 44.4 Å². The van der Waals surface area contributed by atoms with Gasteiger partial charge in [0.2, 0.25) is 5.95 Å². The zero-order valence-electron chi connectivity index (χ0n) is 20.5. The number of benzene rings is 3. The smallest absolute Gasteiger partial charge is 0.247 e. The van der Waals surface area contributed by atoms with Crippen LogP contribution in [0.3, 0.4) is 0 Å². The van der Waals surface area contributed by atoms with Gasteiger partial charge in [-0.3, -0.25) is 0 Å². The standard InChI is InChI=1S/C29H27FN6O/c1-37-26-15-5-21(6-16-26)27-3-2-4-28-32-29(33-36(27)28)31-23-9-13-25(14-10-23)35-19-17-34(18-20-35)24-11-7-22(30)8-12-24/h2-16H,17-20H2,1H3,(H,31,33). The number of nitrogens with zero attached hydrogens (tertiary/aromatic N) is 5. The maximum absolute atomic E-state index is 13.2. The van der Waals surface area contributed by atoms with Gasteiger partial charge in [-0.2, -0.15) is 4.98 Å². The van der Waals surface area contributed by atoms with E-state index in [9.17, 15) is 4.39 Å². The highest BCUT2D eigenvalue weighted by molar-refractivity contribution is 5.66. The molecule has 0 unspecified atom stereocenters. The van der Waals surface area contributed by atoms with Crippen molar-refractivity contribution in [3.8, 4) is 17.0 Å². The van der Waals surface area contributed by atoms with Crippen molar-refractivity contribution in [2.45, 2.75) is 0 Å². The Morgan fingerprint density at radius 3 is 2.00 bits per heavy atom. The third-order valence-electron chi connectivity index (χ3n) is 6.71. The van der Waals surface area contributed by atoms with Crippen molar-refractivity contribution in [2.24, 2.45) is 0 Å². The van der Waals surface area contributed by atoms with Gasteiger partial charge in [0, 0.05) is 48.8 Å². The summed E-state index contributed by atoms with van der Waals surface area (Å²) < 4.78 is 20.4. The first-order valence-electron chi connectivity index (χ1n) is 12.3. The monoisotopic (exact) mass is 494 g/mol. The molecule has 1 aliphatic heterocycles. The second-order valence-electron chi connectivity index (χ2n) is 8.97. The predicted octanol–water partition coefficient (Wildman–Crippen LogP) is 5.61. The summed E-state index contributed by atoms with van der Waals surface area (Å²) in [6, 6.07) is 28.9. The molecule has 8 heteroatoms. The molecule has 1 N–H and O–H groups in total. The predicted molar refractivity (Wildman–Crippen MR) is 146 cm³/mol. The first-order chi connectivity index (χ1) is 18.2. The number of aromatic nitrogens is 3. The van der Waals surface area contributed by atoms with Crippen LogP contribution in [0.5, 0.6) is 5.75 Å². The average molecular weight is 495 g/mol. The zero-order chi connectivity index (χ0) is 25.2. The lowest BCUT2D eigenvalue weighted by Gasteiger charge is -2.37. The third-order valence-corrected chi connectivity index (χ3v) is 6.71. The second-order valence-corrected chi connectivity index (χ2v) is 8.97. The van der Waals surface area contributed by atoms with E-state index in [0.29, 0.717) is 5.95 Å². The molecular weight excluding hydrogens is 467 g/mol. The normalized spacial score (nSPS) is 13.7. The van der Waals surface area contributed by atoms with Crippen molar-refractivity contribution < 1.29 is 9.13 Å². The Kier molecular flexibility index (Phi) is 6.06. The van der Waals surface area contributed by atoms with Crippen LogP contribution in [0.2, 0.25) is 0 Å². The van der Waals surface area contributed by atoms with Gasteiger partial charge in [-0.25, -0.2) is 8.91 Å². The lowest BCUT2D eigenvalue weighted by molar-refractivity contribution is 0.415. The van der Waals surface area contributed by atoms with Crippen LogP contribution < -0.4 is 19.9 Å². The number of methoxy groups -OCH3 is 1. The molecular formula is C29H27FN6O. The van der Waals surface area contributed by atoms with Gasteiger partial charge in [-0.15, -0.1) is 5.10 Å². The fourth-order valence-electron chi connectivity index (χ4n) is 4.70. The SMILES string of the molecule is COc1ccc(-c2cccc3nc(Nc4ccc(N5CCN(c6ccc(F)cc6)CC5)cc4)nn23)cc1. The van der Waals surface area contributed by atoms with Gasteiger partial charge in [0.1, 0.15) is 11.6 Å². The lowest BCUT2D eigenvalue weighted by atomic mass is 10.1. The van der Waals surface area contributed by atoms with E-state index in [1.165, 1.54) is 17.8 Å². The average Bonchev–Trinajstić information content (AvgIpc) is 3.37. The molecule has 6 rings (SSSR count). The molecule has 5 aromatic rings. The van der Waals surface area contributed by atoms with Crippen LogP contribution in [0.1, 0.15) is 0 Å². The van der Waals surface area contributed by atoms with Crippen LogP contribution in [-0.2, 0) is 0 Å². The van der Waals surface area contributed by atoms with Gasteiger partial charge >= 0.3 is 0 Å². The van der Waals surface area contributed by atoms with Crippen molar-refractivity contribution in [1.82, 2.24) is 14.6 Å². The Morgan fingerprint density at radius 2 is 1.38 bits per heavy atom. The Bertz CT molecular complexity index is 1490. The highest BCUT2D eigenvalue weighted by atomic mass is 19.1. The molecule has 37 heavy (non-hydrogen) atoms. The van der Waals surface area contributed by atoms with Crippen LogP contribution in [0.15, 0.2) is 91.0 Å². The number of rotatable bonds is 6. The largest absolute Gasteiger partial charge is 0.497 e. The molecule has 3 heterocycles. The van der Waals surface area contributed by atoms with E-state index >= 15 is 0 Å². The number of hydrogen-bond donors (Lipinski definition) is 1. The minimum absolute atomic E-state index is 0.201. The minimum atomic E-state index is -0.201. The number of piperazine rings is 1. The highest BCUT2D eigenvalue weighted by Gasteiger charge is 2.18. The Balaban J connectivity index is 1.13. The summed E-state index contributed by atoms with van der Waals surface area (Å²) in [7, 11) is 1.66. The molecule has 0 aliphatic carbocycles. The molecule has 1 aliphatic rings. The lowest BCUT2D eigenvalue weighted by Crippen LogP contribution is -2.46. The van der Waals surface area contributed by atoms with Crippen LogP contribution >= 0.6 is 0 Å². The summed E-state index contributed by atoms with van der Waals surface area (Å²) in [6.45, 7) is 3.61. The molecule has 0 bridgehead atoms. The summed E-state index contributed by atoms with van der Waals surface area (Å²) in [5.41, 5.74) is 5.93. The molecule has 2 aromatic heterocycles. The molecule has 0 spiro atoms. The van der Waals surface area contributed by atoms with Gasteiger partial charge in [0.15, 0.2) is 5.65 Å². The number of fused-ring (bicyclic) bond motifs is 1. The number of anilines is 4. The van der Waals surface area contributed by atoms with Crippen LogP contribution in [-0.4, -0.2) is 47.9 Å². The fraction of sp³-hybridized carbons (Fsp3) is 0.172. The first kappa shape index (κ1) is 22.8. The van der Waals surface area contributed by atoms with Crippen LogP contribution in [0.4, 0.5) is 27.4 Å². The van der Waals surface area contributed by atoms with Crippen molar-refractivity contribution >= 4 is 28.7 Å². The topological polar surface area (TPSA) is 57.9 Å². The Morgan fingerprint density at radius 1 is 0.757 bits per heavy atom. The Labute approximate surface area is 214 Å². The molecule has 0 saturated carbocycles. The fourth-order valence-corrected chi connectivity index (χ4v) is 4.70. The summed E-state index contributed by atoms with van der Waals surface area (Å²) >= 11 is 0. The summed E-state index contributed by atoms with van der Waals surface area (Å²) in [4.78, 5) is 9.32. The van der Waals surface area contributed by atoms with E-state index in [0.717, 1.165) is 60.2 Å². The van der Waals surface area contributed by atoms with Gasteiger partial charge in [-0.1, -0.05) is 6.07 Å². The first-order valence-corrected chi connectivity index (χ1v) is 12.3. The van der Waals surface area contributed by atoms with Crippen LogP contribution in [0, 0.1) is 5.82 Å². The maximum Gasteiger partial charge on any atom is 0.247 e. The summed E-state index contributed by atoms with van der Waals surface area (Å²) in [6.07, 6.45) is 0. The van der Waals surface area contributed by atoms with E-state index < -0.39 is 0 Å². The molecule has 3 aromatic carbocycles. The maximum atomic E-state index is 13.2. The highest BCUT2D eigenvalue weighted by Crippen LogP contribution is 2.26. The van der Waals surface area contributed by atoms with Crippen molar-refractivity contribution in [1.29, 1.82) is 0 Å². The van der Waals surface area contributed by atoms with Gasteiger partial charge in [0.25, 0.3) is 0 Å². The molecule has 186 valence electrons. The van der Waals surface area contributed by atoms with Gasteiger partial charge in [-0.05, 0) is 84.9 Å². The van der Waals surface area contributed by atoms with E-state index in [-0.39, 0.29) is 5.82 Å². The number of hydrogen-bond acceptors (Lipinski definition) is 6. The van der Waals surface area contributed by atoms with Crippen molar-refractivity contribution in [3.05, 3.63) is 96.8 Å². The molecule has 0 atom stereocenters. The number of ether oxygens (including phenoxy) is 1.